The second kappa shape index (κ2) is 12.5. The SMILES string of the molecule is Cc1cccc(CN(CC(=O)N/N=C\c2cccc(Oc3ccccc3)c2)S(=O)(=O)c2ccc(Cl)cc2)c1. The summed E-state index contributed by atoms with van der Waals surface area (Å²) in [5.41, 5.74) is 4.86. The van der Waals surface area contributed by atoms with Gasteiger partial charge >= 0.3 is 0 Å². The normalized spacial score (nSPS) is 11.6. The summed E-state index contributed by atoms with van der Waals surface area (Å²) in [6.45, 7) is 1.51. The molecule has 0 radical (unpaired) electrons. The van der Waals surface area contributed by atoms with E-state index in [4.69, 9.17) is 16.3 Å². The minimum atomic E-state index is -3.99. The third kappa shape index (κ3) is 7.52. The van der Waals surface area contributed by atoms with Crippen LogP contribution in [0.3, 0.4) is 0 Å². The van der Waals surface area contributed by atoms with E-state index >= 15 is 0 Å². The lowest BCUT2D eigenvalue weighted by atomic mass is 10.1. The smallest absolute Gasteiger partial charge is 0.255 e. The average molecular weight is 548 g/mol. The predicted molar refractivity (Wildman–Crippen MR) is 149 cm³/mol. The zero-order valence-electron chi connectivity index (χ0n) is 20.6. The van der Waals surface area contributed by atoms with Gasteiger partial charge in [0.05, 0.1) is 17.7 Å². The van der Waals surface area contributed by atoms with Crippen molar-refractivity contribution in [2.24, 2.45) is 5.10 Å². The molecule has 0 aliphatic rings. The number of sulfonamides is 1. The predicted octanol–water partition coefficient (Wildman–Crippen LogP) is 5.78. The molecule has 1 N–H and O–H groups in total. The number of aryl methyl sites for hydroxylation is 1. The minimum Gasteiger partial charge on any atom is -0.457 e. The maximum absolute atomic E-state index is 13.4. The van der Waals surface area contributed by atoms with Crippen LogP contribution in [-0.4, -0.2) is 31.4 Å². The Bertz CT molecular complexity index is 1530. The summed E-state index contributed by atoms with van der Waals surface area (Å²) in [7, 11) is -3.99. The lowest BCUT2D eigenvalue weighted by molar-refractivity contribution is -0.121. The van der Waals surface area contributed by atoms with Crippen LogP contribution in [0, 0.1) is 6.92 Å². The number of hydrogen-bond acceptors (Lipinski definition) is 5. The van der Waals surface area contributed by atoms with Crippen molar-refractivity contribution in [3.05, 3.63) is 125 Å². The number of para-hydroxylation sites is 1. The summed E-state index contributed by atoms with van der Waals surface area (Å²) in [4.78, 5) is 12.8. The van der Waals surface area contributed by atoms with Crippen molar-refractivity contribution in [3.8, 4) is 11.5 Å². The highest BCUT2D eigenvalue weighted by atomic mass is 35.5. The van der Waals surface area contributed by atoms with Crippen molar-refractivity contribution in [1.29, 1.82) is 0 Å². The van der Waals surface area contributed by atoms with Gasteiger partial charge in [-0.05, 0) is 66.6 Å². The molecule has 0 aliphatic carbocycles. The number of halogens is 1. The van der Waals surface area contributed by atoms with Crippen molar-refractivity contribution in [2.75, 3.05) is 6.54 Å². The lowest BCUT2D eigenvalue weighted by Crippen LogP contribution is -2.39. The molecular formula is C29H26ClN3O4S. The fourth-order valence-electron chi connectivity index (χ4n) is 3.65. The Labute approximate surface area is 227 Å². The number of hydrazone groups is 1. The van der Waals surface area contributed by atoms with Gasteiger partial charge in [-0.2, -0.15) is 9.41 Å². The van der Waals surface area contributed by atoms with Crippen LogP contribution in [0.4, 0.5) is 0 Å². The summed E-state index contributed by atoms with van der Waals surface area (Å²) in [6.07, 6.45) is 1.47. The Hall–Kier alpha value is -3.98. The molecule has 0 aliphatic heterocycles. The van der Waals surface area contributed by atoms with Crippen LogP contribution in [0.5, 0.6) is 11.5 Å². The number of nitrogens with zero attached hydrogens (tertiary/aromatic N) is 2. The number of amides is 1. The second-order valence-corrected chi connectivity index (χ2v) is 10.9. The van der Waals surface area contributed by atoms with Gasteiger partial charge < -0.3 is 4.74 Å². The highest BCUT2D eigenvalue weighted by Gasteiger charge is 2.27. The largest absolute Gasteiger partial charge is 0.457 e. The van der Waals surface area contributed by atoms with Gasteiger partial charge in [-0.3, -0.25) is 4.79 Å². The third-order valence-electron chi connectivity index (χ3n) is 5.45. The second-order valence-electron chi connectivity index (χ2n) is 8.50. The molecule has 7 nitrogen and oxygen atoms in total. The molecular weight excluding hydrogens is 522 g/mol. The summed E-state index contributed by atoms with van der Waals surface area (Å²) < 4.78 is 33.7. The number of ether oxygens (including phenoxy) is 1. The van der Waals surface area contributed by atoms with E-state index in [-0.39, 0.29) is 11.4 Å². The van der Waals surface area contributed by atoms with Gasteiger partial charge in [0.25, 0.3) is 5.91 Å². The lowest BCUT2D eigenvalue weighted by Gasteiger charge is -2.21. The van der Waals surface area contributed by atoms with E-state index in [1.807, 2.05) is 79.7 Å². The van der Waals surface area contributed by atoms with Gasteiger partial charge in [0.15, 0.2) is 0 Å². The van der Waals surface area contributed by atoms with Gasteiger partial charge in [-0.15, -0.1) is 0 Å². The van der Waals surface area contributed by atoms with Gasteiger partial charge in [0, 0.05) is 11.6 Å². The number of carbonyl (C=O) groups is 1. The molecule has 0 bridgehead atoms. The summed E-state index contributed by atoms with van der Waals surface area (Å²) >= 11 is 5.93. The monoisotopic (exact) mass is 547 g/mol. The standard InChI is InChI=1S/C29H26ClN3O4S/c1-22-7-5-9-24(17-22)20-33(38(35,36)28-15-13-25(30)14-16-28)21-29(34)32-31-19-23-8-6-12-27(18-23)37-26-10-3-2-4-11-26/h2-19H,20-21H2,1H3,(H,32,34)/b31-19-. The molecule has 0 saturated heterocycles. The van der Waals surface area contributed by atoms with Crippen molar-refractivity contribution in [2.45, 2.75) is 18.4 Å². The molecule has 194 valence electrons. The molecule has 4 rings (SSSR count). The van der Waals surface area contributed by atoms with E-state index in [9.17, 15) is 13.2 Å². The van der Waals surface area contributed by atoms with E-state index in [2.05, 4.69) is 10.5 Å². The highest BCUT2D eigenvalue weighted by Crippen LogP contribution is 2.22. The first-order chi connectivity index (χ1) is 18.3. The molecule has 1 amide bonds. The number of benzene rings is 4. The van der Waals surface area contributed by atoms with Crippen molar-refractivity contribution < 1.29 is 17.9 Å². The van der Waals surface area contributed by atoms with E-state index in [1.165, 1.54) is 30.5 Å². The average Bonchev–Trinajstić information content (AvgIpc) is 2.89. The Balaban J connectivity index is 1.46. The zero-order chi connectivity index (χ0) is 27.0. The van der Waals surface area contributed by atoms with Gasteiger partial charge in [0.1, 0.15) is 11.5 Å². The zero-order valence-corrected chi connectivity index (χ0v) is 22.2. The number of carbonyl (C=O) groups excluding carboxylic acids is 1. The van der Waals surface area contributed by atoms with E-state index in [0.717, 1.165) is 15.4 Å². The first-order valence-electron chi connectivity index (χ1n) is 11.8. The fourth-order valence-corrected chi connectivity index (χ4v) is 5.16. The third-order valence-corrected chi connectivity index (χ3v) is 7.51. The van der Waals surface area contributed by atoms with Crippen molar-refractivity contribution in [1.82, 2.24) is 9.73 Å². The van der Waals surface area contributed by atoms with Crippen LogP contribution in [0.1, 0.15) is 16.7 Å². The quantitative estimate of drug-likeness (QED) is 0.201. The van der Waals surface area contributed by atoms with Crippen LogP contribution in [0.25, 0.3) is 0 Å². The molecule has 0 saturated carbocycles. The number of nitrogens with one attached hydrogen (secondary N) is 1. The maximum Gasteiger partial charge on any atom is 0.255 e. The topological polar surface area (TPSA) is 88.1 Å². The highest BCUT2D eigenvalue weighted by molar-refractivity contribution is 7.89. The molecule has 0 unspecified atom stereocenters. The Morgan fingerprint density at radius 2 is 1.63 bits per heavy atom. The first kappa shape index (κ1) is 27.1. The Morgan fingerprint density at radius 3 is 2.37 bits per heavy atom. The summed E-state index contributed by atoms with van der Waals surface area (Å²) in [6, 6.07) is 29.9. The molecule has 38 heavy (non-hydrogen) atoms. The Morgan fingerprint density at radius 1 is 0.921 bits per heavy atom. The molecule has 0 heterocycles. The van der Waals surface area contributed by atoms with Crippen LogP contribution in [0.2, 0.25) is 5.02 Å². The van der Waals surface area contributed by atoms with E-state index < -0.39 is 22.5 Å². The van der Waals surface area contributed by atoms with Crippen LogP contribution >= 0.6 is 11.6 Å². The summed E-state index contributed by atoms with van der Waals surface area (Å²) in [5.74, 6) is 0.735. The van der Waals surface area contributed by atoms with Crippen LogP contribution in [-0.2, 0) is 21.4 Å². The first-order valence-corrected chi connectivity index (χ1v) is 13.6. The number of rotatable bonds is 10. The summed E-state index contributed by atoms with van der Waals surface area (Å²) in [5, 5.41) is 4.43. The van der Waals surface area contributed by atoms with Crippen LogP contribution in [0.15, 0.2) is 113 Å². The maximum atomic E-state index is 13.4. The van der Waals surface area contributed by atoms with E-state index in [1.54, 1.807) is 6.07 Å². The fraction of sp³-hybridized carbons (Fsp3) is 0.103. The van der Waals surface area contributed by atoms with Crippen molar-refractivity contribution in [3.63, 3.8) is 0 Å². The molecule has 0 aromatic heterocycles. The Kier molecular flexibility index (Phi) is 8.91. The van der Waals surface area contributed by atoms with Crippen molar-refractivity contribution >= 4 is 33.7 Å². The molecule has 0 spiro atoms. The van der Waals surface area contributed by atoms with Gasteiger partial charge in [-0.1, -0.05) is 71.8 Å². The van der Waals surface area contributed by atoms with Gasteiger partial charge in [-0.25, -0.2) is 13.8 Å². The molecule has 4 aromatic rings. The van der Waals surface area contributed by atoms with Gasteiger partial charge in [0.2, 0.25) is 10.0 Å². The molecule has 9 heteroatoms. The molecule has 4 aromatic carbocycles. The molecule has 0 fully saturated rings. The van der Waals surface area contributed by atoms with E-state index in [0.29, 0.717) is 22.1 Å². The minimum absolute atomic E-state index is 0.0165. The molecule has 0 atom stereocenters. The van der Waals surface area contributed by atoms with Crippen LogP contribution < -0.4 is 10.2 Å². The number of hydrogen-bond donors (Lipinski definition) is 1.